The second-order valence-corrected chi connectivity index (χ2v) is 8.87. The topological polar surface area (TPSA) is 83.0 Å². The first-order valence-electron chi connectivity index (χ1n) is 10.8. The monoisotopic (exact) mass is 449 g/mol. The predicted molar refractivity (Wildman–Crippen MR) is 131 cm³/mol. The molecule has 2 aliphatic rings. The number of amides is 1. The molecule has 2 aromatic rings. The van der Waals surface area contributed by atoms with Crippen molar-refractivity contribution >= 4 is 39.8 Å². The van der Waals surface area contributed by atoms with E-state index < -0.39 is 5.91 Å². The molecule has 32 heavy (non-hydrogen) atoms. The first-order valence-corrected chi connectivity index (χ1v) is 11.6. The molecule has 1 aromatic carbocycles. The lowest BCUT2D eigenvalue weighted by molar-refractivity contribution is -0.114. The van der Waals surface area contributed by atoms with Crippen LogP contribution in [0.5, 0.6) is 5.75 Å². The summed E-state index contributed by atoms with van der Waals surface area (Å²) < 4.78 is 7.47. The number of fused-ring (bicyclic) bond motifs is 1. The lowest BCUT2D eigenvalue weighted by Crippen LogP contribution is -2.35. The van der Waals surface area contributed by atoms with Crippen molar-refractivity contribution in [2.24, 2.45) is 10.1 Å². The molecule has 0 saturated heterocycles. The van der Waals surface area contributed by atoms with Gasteiger partial charge in [0.1, 0.15) is 10.8 Å². The van der Waals surface area contributed by atoms with Crippen molar-refractivity contribution in [3.63, 3.8) is 0 Å². The number of hydrogen-bond acceptors (Lipinski definition) is 5. The lowest BCUT2D eigenvalue weighted by Gasteiger charge is -2.20. The maximum atomic E-state index is 12.8. The van der Waals surface area contributed by atoms with Crippen molar-refractivity contribution in [2.45, 2.75) is 46.5 Å². The molecule has 3 heterocycles. The van der Waals surface area contributed by atoms with Gasteiger partial charge in [-0.2, -0.15) is 15.1 Å². The SMILES string of the molecule is CCCCCC1=NN2C(=N)/C(=C/c3cc(C)n(-c4cccc(OC)c4)c3C)C(=O)N=C2S1. The Morgan fingerprint density at radius 1 is 1.22 bits per heavy atom. The Bertz CT molecular complexity index is 1180. The van der Waals surface area contributed by atoms with Crippen LogP contribution in [0.25, 0.3) is 11.8 Å². The van der Waals surface area contributed by atoms with Crippen molar-refractivity contribution in [3.05, 3.63) is 52.9 Å². The summed E-state index contributed by atoms with van der Waals surface area (Å²) in [5.74, 6) is 0.453. The highest BCUT2D eigenvalue weighted by Crippen LogP contribution is 2.31. The number of methoxy groups -OCH3 is 1. The minimum Gasteiger partial charge on any atom is -0.497 e. The normalized spacial score (nSPS) is 17.0. The van der Waals surface area contributed by atoms with E-state index in [1.807, 2.05) is 44.2 Å². The van der Waals surface area contributed by atoms with Crippen LogP contribution in [-0.4, -0.2) is 38.6 Å². The summed E-state index contributed by atoms with van der Waals surface area (Å²) in [5, 5.41) is 16.0. The van der Waals surface area contributed by atoms with Crippen LogP contribution in [0.4, 0.5) is 0 Å². The molecule has 1 aromatic heterocycles. The van der Waals surface area contributed by atoms with E-state index in [-0.39, 0.29) is 11.4 Å². The number of benzene rings is 1. The molecule has 0 radical (unpaired) electrons. The highest BCUT2D eigenvalue weighted by Gasteiger charge is 2.35. The maximum Gasteiger partial charge on any atom is 0.283 e. The summed E-state index contributed by atoms with van der Waals surface area (Å²) in [6.45, 7) is 6.18. The zero-order chi connectivity index (χ0) is 22.8. The van der Waals surface area contributed by atoms with E-state index in [1.165, 1.54) is 16.8 Å². The van der Waals surface area contributed by atoms with E-state index in [9.17, 15) is 4.79 Å². The number of hydrazone groups is 1. The van der Waals surface area contributed by atoms with Crippen molar-refractivity contribution in [1.29, 1.82) is 5.41 Å². The number of aliphatic imine (C=N–C) groups is 1. The first kappa shape index (κ1) is 22.1. The summed E-state index contributed by atoms with van der Waals surface area (Å²) >= 11 is 1.39. The number of amidine groups is 2. The van der Waals surface area contributed by atoms with E-state index in [0.717, 1.165) is 59.1 Å². The van der Waals surface area contributed by atoms with Gasteiger partial charge in [0.2, 0.25) is 5.17 Å². The summed E-state index contributed by atoms with van der Waals surface area (Å²) in [5.41, 5.74) is 4.09. The van der Waals surface area contributed by atoms with E-state index in [4.69, 9.17) is 10.1 Å². The van der Waals surface area contributed by atoms with Crippen molar-refractivity contribution in [2.75, 3.05) is 7.11 Å². The van der Waals surface area contributed by atoms with Gasteiger partial charge in [0.15, 0.2) is 5.84 Å². The number of ether oxygens (including phenoxy) is 1. The van der Waals surface area contributed by atoms with Gasteiger partial charge in [0, 0.05) is 23.1 Å². The summed E-state index contributed by atoms with van der Waals surface area (Å²) in [6.07, 6.45) is 5.91. The van der Waals surface area contributed by atoms with Crippen LogP contribution in [0, 0.1) is 19.3 Å². The minimum absolute atomic E-state index is 0.0733. The summed E-state index contributed by atoms with van der Waals surface area (Å²) in [7, 11) is 1.65. The van der Waals surface area contributed by atoms with Gasteiger partial charge in [-0.25, -0.2) is 0 Å². The average molecular weight is 450 g/mol. The van der Waals surface area contributed by atoms with Crippen LogP contribution >= 0.6 is 11.8 Å². The zero-order valence-corrected chi connectivity index (χ0v) is 19.6. The number of nitrogens with one attached hydrogen (secondary N) is 1. The molecular formula is C24H27N5O2S. The van der Waals surface area contributed by atoms with E-state index in [0.29, 0.717) is 5.17 Å². The Morgan fingerprint density at radius 2 is 2.03 bits per heavy atom. The van der Waals surface area contributed by atoms with Crippen LogP contribution < -0.4 is 4.74 Å². The number of nitrogens with zero attached hydrogens (tertiary/aromatic N) is 4. The summed E-state index contributed by atoms with van der Waals surface area (Å²) in [6, 6.07) is 9.85. The van der Waals surface area contributed by atoms with Gasteiger partial charge in [-0.3, -0.25) is 10.2 Å². The number of aryl methyl sites for hydroxylation is 1. The van der Waals surface area contributed by atoms with Gasteiger partial charge in [-0.05, 0) is 68.3 Å². The van der Waals surface area contributed by atoms with E-state index in [2.05, 4.69) is 21.6 Å². The molecule has 2 aliphatic heterocycles. The van der Waals surface area contributed by atoms with Crippen molar-refractivity contribution in [1.82, 2.24) is 9.58 Å². The Hall–Kier alpha value is -3.13. The lowest BCUT2D eigenvalue weighted by atomic mass is 10.1. The third kappa shape index (κ3) is 4.14. The Morgan fingerprint density at radius 3 is 2.78 bits per heavy atom. The molecule has 0 unspecified atom stereocenters. The van der Waals surface area contributed by atoms with Gasteiger partial charge in [-0.1, -0.05) is 25.8 Å². The predicted octanol–water partition coefficient (Wildman–Crippen LogP) is 5.30. The third-order valence-corrected chi connectivity index (χ3v) is 6.54. The molecule has 0 aliphatic carbocycles. The fourth-order valence-corrected chi connectivity index (χ4v) is 4.82. The van der Waals surface area contributed by atoms with Crippen molar-refractivity contribution in [3.8, 4) is 11.4 Å². The first-order chi connectivity index (χ1) is 15.4. The number of rotatable bonds is 7. The van der Waals surface area contributed by atoms with Gasteiger partial charge < -0.3 is 9.30 Å². The molecule has 8 heteroatoms. The molecule has 1 N–H and O–H groups in total. The number of unbranched alkanes of at least 4 members (excludes halogenated alkanes) is 2. The Labute approximate surface area is 192 Å². The molecule has 7 nitrogen and oxygen atoms in total. The van der Waals surface area contributed by atoms with Crippen LogP contribution in [0.2, 0.25) is 0 Å². The molecule has 0 fully saturated rings. The minimum atomic E-state index is -0.398. The van der Waals surface area contributed by atoms with Crippen LogP contribution in [-0.2, 0) is 4.79 Å². The fourth-order valence-electron chi connectivity index (χ4n) is 3.90. The smallest absolute Gasteiger partial charge is 0.283 e. The molecular weight excluding hydrogens is 422 g/mol. The number of hydrogen-bond donors (Lipinski definition) is 1. The highest BCUT2D eigenvalue weighted by molar-refractivity contribution is 8.26. The van der Waals surface area contributed by atoms with Gasteiger partial charge in [0.05, 0.1) is 12.7 Å². The van der Waals surface area contributed by atoms with E-state index in [1.54, 1.807) is 13.2 Å². The maximum absolute atomic E-state index is 12.8. The van der Waals surface area contributed by atoms with Crippen LogP contribution in [0.15, 0.2) is 46.0 Å². The molecule has 1 amide bonds. The van der Waals surface area contributed by atoms with Gasteiger partial charge >= 0.3 is 0 Å². The second-order valence-electron chi connectivity index (χ2n) is 7.83. The molecule has 0 atom stereocenters. The number of carbonyl (C=O) groups excluding carboxylic acids is 1. The molecule has 166 valence electrons. The third-order valence-electron chi connectivity index (χ3n) is 5.57. The van der Waals surface area contributed by atoms with Gasteiger partial charge in [0.25, 0.3) is 5.91 Å². The largest absolute Gasteiger partial charge is 0.497 e. The summed E-state index contributed by atoms with van der Waals surface area (Å²) in [4.78, 5) is 17.0. The van der Waals surface area contributed by atoms with Crippen molar-refractivity contribution < 1.29 is 9.53 Å². The molecule has 0 bridgehead atoms. The fraction of sp³-hybridized carbons (Fsp3) is 0.333. The van der Waals surface area contributed by atoms with Gasteiger partial charge in [-0.15, -0.1) is 0 Å². The zero-order valence-electron chi connectivity index (χ0n) is 18.8. The van der Waals surface area contributed by atoms with E-state index >= 15 is 0 Å². The number of carbonyl (C=O) groups is 1. The second kappa shape index (κ2) is 9.16. The van der Waals surface area contributed by atoms with Crippen LogP contribution in [0.1, 0.15) is 49.6 Å². The Kier molecular flexibility index (Phi) is 6.32. The molecule has 0 saturated carbocycles. The quantitative estimate of drug-likeness (QED) is 0.459. The number of aromatic nitrogens is 1. The Balaban J connectivity index is 1.65. The number of thioether (sulfide) groups is 1. The van der Waals surface area contributed by atoms with Crippen LogP contribution in [0.3, 0.4) is 0 Å². The highest BCUT2D eigenvalue weighted by atomic mass is 32.2. The molecule has 4 rings (SSSR count). The molecule has 0 spiro atoms. The average Bonchev–Trinajstić information content (AvgIpc) is 3.31. The standard InChI is InChI=1S/C24H27N5O2S/c1-5-6-7-11-21-27-29-22(25)20(23(30)26-24(29)32-21)13-17-12-15(2)28(16(17)3)18-9-8-10-19(14-18)31-4/h8-10,12-14,25H,5-7,11H2,1-4H3/b20-13-,25-22?.